The predicted molar refractivity (Wildman–Crippen MR) is 122 cm³/mol. The maximum atomic E-state index is 12.7. The average Bonchev–Trinajstić information content (AvgIpc) is 3.16. The Kier molecular flexibility index (Phi) is 6.45. The zero-order valence-corrected chi connectivity index (χ0v) is 19.1. The highest BCUT2D eigenvalue weighted by atomic mass is 32.2. The van der Waals surface area contributed by atoms with Gasteiger partial charge >= 0.3 is 0 Å². The average molecular weight is 454 g/mol. The highest BCUT2D eigenvalue weighted by molar-refractivity contribution is 7.89. The molecule has 8 heteroatoms. The van der Waals surface area contributed by atoms with E-state index in [2.05, 4.69) is 22.0 Å². The molecule has 0 aliphatic carbocycles. The van der Waals surface area contributed by atoms with Gasteiger partial charge in [0.2, 0.25) is 10.0 Å². The van der Waals surface area contributed by atoms with Crippen LogP contribution < -0.4 is 5.32 Å². The van der Waals surface area contributed by atoms with Crippen LogP contribution in [0.1, 0.15) is 27.3 Å². The van der Waals surface area contributed by atoms with E-state index < -0.39 is 10.0 Å². The zero-order valence-electron chi connectivity index (χ0n) is 18.2. The number of carbonyl (C=O) groups excluding carboxylic acids is 1. The van der Waals surface area contributed by atoms with Crippen LogP contribution in [0.15, 0.2) is 65.6 Å². The molecule has 0 spiro atoms. The van der Waals surface area contributed by atoms with Gasteiger partial charge in [-0.05, 0) is 67.9 Å². The third-order valence-corrected chi connectivity index (χ3v) is 7.56. The van der Waals surface area contributed by atoms with E-state index >= 15 is 0 Å². The van der Waals surface area contributed by atoms with Crippen molar-refractivity contribution in [3.05, 3.63) is 83.2 Å². The molecule has 32 heavy (non-hydrogen) atoms. The van der Waals surface area contributed by atoms with Gasteiger partial charge in [-0.1, -0.05) is 12.1 Å². The van der Waals surface area contributed by atoms with Crippen molar-refractivity contribution in [1.29, 1.82) is 0 Å². The Bertz CT molecular complexity index is 1170. The number of sulfonamides is 1. The molecule has 1 aliphatic heterocycles. The molecule has 0 bridgehead atoms. The first-order chi connectivity index (χ1) is 15.4. The Labute approximate surface area is 188 Å². The van der Waals surface area contributed by atoms with Crippen LogP contribution in [-0.2, 0) is 21.3 Å². The van der Waals surface area contributed by atoms with E-state index in [9.17, 15) is 13.2 Å². The van der Waals surface area contributed by atoms with Crippen molar-refractivity contribution in [3.63, 3.8) is 0 Å². The van der Waals surface area contributed by atoms with Crippen LogP contribution in [0.2, 0.25) is 0 Å². The molecular weight excluding hydrogens is 426 g/mol. The van der Waals surface area contributed by atoms with Crippen LogP contribution in [0.25, 0.3) is 5.69 Å². The smallest absolute Gasteiger partial charge is 0.251 e. The second-order valence-corrected chi connectivity index (χ2v) is 9.78. The molecule has 2 aromatic carbocycles. The van der Waals surface area contributed by atoms with Crippen molar-refractivity contribution in [1.82, 2.24) is 14.2 Å². The van der Waals surface area contributed by atoms with Gasteiger partial charge in [0.25, 0.3) is 5.91 Å². The SMILES string of the molecule is Cc1ccc(C)n1-c1ccc(C(=O)NCc2ccc(S(=O)(=O)N3CCOCC3)cc2)cc1. The van der Waals surface area contributed by atoms with E-state index in [1.54, 1.807) is 24.3 Å². The molecule has 7 nitrogen and oxygen atoms in total. The van der Waals surface area contributed by atoms with Crippen LogP contribution >= 0.6 is 0 Å². The van der Waals surface area contributed by atoms with Gasteiger partial charge < -0.3 is 14.6 Å². The molecule has 168 valence electrons. The number of nitrogens with zero attached hydrogens (tertiary/aromatic N) is 2. The van der Waals surface area contributed by atoms with Crippen molar-refractivity contribution < 1.29 is 17.9 Å². The summed E-state index contributed by atoms with van der Waals surface area (Å²) in [5, 5.41) is 2.89. The number of amides is 1. The van der Waals surface area contributed by atoms with Gasteiger partial charge in [-0.15, -0.1) is 0 Å². The molecule has 3 aromatic rings. The summed E-state index contributed by atoms with van der Waals surface area (Å²) in [4.78, 5) is 12.8. The fraction of sp³-hybridized carbons (Fsp3) is 0.292. The zero-order chi connectivity index (χ0) is 22.7. The third kappa shape index (κ3) is 4.62. The van der Waals surface area contributed by atoms with E-state index in [-0.39, 0.29) is 10.8 Å². The summed E-state index contributed by atoms with van der Waals surface area (Å²) in [5.41, 5.74) is 4.69. The Morgan fingerprint density at radius 3 is 2.09 bits per heavy atom. The standard InChI is InChI=1S/C24H27N3O4S/c1-18-3-4-19(2)27(18)22-9-7-21(8-10-22)24(28)25-17-20-5-11-23(12-6-20)32(29,30)26-13-15-31-16-14-26/h3-12H,13-17H2,1-2H3,(H,25,28). The topological polar surface area (TPSA) is 80.6 Å². The summed E-state index contributed by atoms with van der Waals surface area (Å²) >= 11 is 0. The van der Waals surface area contributed by atoms with Crippen LogP contribution in [0, 0.1) is 13.8 Å². The van der Waals surface area contributed by atoms with Gasteiger partial charge in [0.15, 0.2) is 0 Å². The lowest BCUT2D eigenvalue weighted by atomic mass is 10.1. The van der Waals surface area contributed by atoms with Gasteiger partial charge in [0, 0.05) is 42.3 Å². The first kappa shape index (κ1) is 22.3. The van der Waals surface area contributed by atoms with Crippen LogP contribution in [0.4, 0.5) is 0 Å². The first-order valence-corrected chi connectivity index (χ1v) is 12.0. The van der Waals surface area contributed by atoms with Crippen LogP contribution in [-0.4, -0.2) is 49.5 Å². The monoisotopic (exact) mass is 453 g/mol. The molecule has 1 N–H and O–H groups in total. The molecule has 0 radical (unpaired) electrons. The number of aryl methyl sites for hydroxylation is 2. The van der Waals surface area contributed by atoms with E-state index in [4.69, 9.17) is 4.74 Å². The maximum Gasteiger partial charge on any atom is 0.251 e. The summed E-state index contributed by atoms with van der Waals surface area (Å²) in [5.74, 6) is -0.178. The summed E-state index contributed by atoms with van der Waals surface area (Å²) in [6.07, 6.45) is 0. The molecule has 1 fully saturated rings. The summed E-state index contributed by atoms with van der Waals surface area (Å²) < 4.78 is 34.2. The molecule has 4 rings (SSSR count). The Hall–Kier alpha value is -2.94. The number of carbonyl (C=O) groups is 1. The number of hydrogen-bond acceptors (Lipinski definition) is 4. The molecule has 1 amide bonds. The second-order valence-electron chi connectivity index (χ2n) is 7.84. The normalized spacial score (nSPS) is 14.9. The summed E-state index contributed by atoms with van der Waals surface area (Å²) in [6, 6.07) is 18.2. The largest absolute Gasteiger partial charge is 0.379 e. The number of ether oxygens (including phenoxy) is 1. The van der Waals surface area contributed by atoms with E-state index in [1.165, 1.54) is 4.31 Å². The van der Waals surface area contributed by atoms with Gasteiger partial charge in [-0.2, -0.15) is 4.31 Å². The molecular formula is C24H27N3O4S. The van der Waals surface area contributed by atoms with Crippen molar-refractivity contribution in [2.45, 2.75) is 25.3 Å². The molecule has 0 atom stereocenters. The highest BCUT2D eigenvalue weighted by Gasteiger charge is 2.26. The lowest BCUT2D eigenvalue weighted by molar-refractivity contribution is 0.0730. The van der Waals surface area contributed by atoms with E-state index in [0.29, 0.717) is 38.4 Å². The van der Waals surface area contributed by atoms with E-state index in [0.717, 1.165) is 22.6 Å². The molecule has 1 saturated heterocycles. The number of benzene rings is 2. The van der Waals surface area contributed by atoms with Crippen molar-refractivity contribution in [2.24, 2.45) is 0 Å². The number of hydrogen-bond donors (Lipinski definition) is 1. The molecule has 0 saturated carbocycles. The molecule has 2 heterocycles. The first-order valence-electron chi connectivity index (χ1n) is 10.6. The summed E-state index contributed by atoms with van der Waals surface area (Å²) in [6.45, 7) is 5.96. The Morgan fingerprint density at radius 2 is 1.50 bits per heavy atom. The highest BCUT2D eigenvalue weighted by Crippen LogP contribution is 2.19. The minimum absolute atomic E-state index is 0.178. The number of morpholine rings is 1. The van der Waals surface area contributed by atoms with Gasteiger partial charge in [0.05, 0.1) is 18.1 Å². The minimum atomic E-state index is -3.52. The van der Waals surface area contributed by atoms with Gasteiger partial charge in [-0.25, -0.2) is 8.42 Å². The predicted octanol–water partition coefficient (Wildman–Crippen LogP) is 3.05. The third-order valence-electron chi connectivity index (χ3n) is 5.64. The van der Waals surface area contributed by atoms with Crippen LogP contribution in [0.3, 0.4) is 0 Å². The number of aromatic nitrogens is 1. The fourth-order valence-corrected chi connectivity index (χ4v) is 5.25. The number of nitrogens with one attached hydrogen (secondary N) is 1. The summed E-state index contributed by atoms with van der Waals surface area (Å²) in [7, 11) is -3.52. The molecule has 1 aliphatic rings. The van der Waals surface area contributed by atoms with Gasteiger partial charge in [-0.3, -0.25) is 4.79 Å². The van der Waals surface area contributed by atoms with Crippen LogP contribution in [0.5, 0.6) is 0 Å². The molecule has 1 aromatic heterocycles. The molecule has 0 unspecified atom stereocenters. The van der Waals surface area contributed by atoms with Gasteiger partial charge in [0.1, 0.15) is 0 Å². The number of rotatable bonds is 6. The lowest BCUT2D eigenvalue weighted by Gasteiger charge is -2.26. The Balaban J connectivity index is 1.38. The van der Waals surface area contributed by atoms with Crippen molar-refractivity contribution in [3.8, 4) is 5.69 Å². The maximum absolute atomic E-state index is 12.7. The van der Waals surface area contributed by atoms with Crippen molar-refractivity contribution in [2.75, 3.05) is 26.3 Å². The van der Waals surface area contributed by atoms with E-state index in [1.807, 2.05) is 38.1 Å². The van der Waals surface area contributed by atoms with Crippen molar-refractivity contribution >= 4 is 15.9 Å². The Morgan fingerprint density at radius 1 is 0.906 bits per heavy atom. The lowest BCUT2D eigenvalue weighted by Crippen LogP contribution is -2.40. The quantitative estimate of drug-likeness (QED) is 0.622. The second kappa shape index (κ2) is 9.28. The minimum Gasteiger partial charge on any atom is -0.379 e. The fourth-order valence-electron chi connectivity index (χ4n) is 3.84.